The highest BCUT2D eigenvalue weighted by atomic mass is 16.7. The first kappa shape index (κ1) is 51.9. The third-order valence-electron chi connectivity index (χ3n) is 10.7. The molecule has 2 aliphatic heterocycles. The third-order valence-corrected chi connectivity index (χ3v) is 10.7. The highest BCUT2D eigenvalue weighted by Gasteiger charge is 2.50. The van der Waals surface area contributed by atoms with Gasteiger partial charge < -0.3 is 82.1 Å². The number of unbranched alkanes of at least 4 members (excludes halogenated alkanes) is 9. The normalized spacial score (nSPS) is 28.6. The molecule has 14 N–H and O–H groups in total. The number of carbonyl (C=O) groups excluding carboxylic acids is 4. The summed E-state index contributed by atoms with van der Waals surface area (Å²) >= 11 is 0. The second kappa shape index (κ2) is 26.2. The van der Waals surface area contributed by atoms with Crippen molar-refractivity contribution in [1.29, 1.82) is 0 Å². The van der Waals surface area contributed by atoms with Gasteiger partial charge in [-0.3, -0.25) is 23.9 Å². The van der Waals surface area contributed by atoms with Gasteiger partial charge in [-0.05, 0) is 33.6 Å². The Bertz CT molecular complexity index is 1490. The molecule has 2 fully saturated rings. The molecule has 2 saturated heterocycles. The van der Waals surface area contributed by atoms with Gasteiger partial charge >= 0.3 is 0 Å². The largest absolute Gasteiger partial charge is 0.394 e. The molecule has 1 aromatic heterocycles. The molecule has 2 aliphatic rings. The number of carbonyl (C=O) groups is 4. The monoisotopic (exact) mass is 876 g/mol. The van der Waals surface area contributed by atoms with Gasteiger partial charge in [0.15, 0.2) is 12.6 Å². The fraction of sp³-hybridized carbons (Fsp3) is 0.842. The minimum absolute atomic E-state index is 0.111. The molecule has 3 rings (SSSR count). The highest BCUT2D eigenvalue weighted by Crippen LogP contribution is 2.29. The first-order chi connectivity index (χ1) is 29.0. The summed E-state index contributed by atoms with van der Waals surface area (Å²) in [4.78, 5) is 48.4. The average Bonchev–Trinajstić information content (AvgIpc) is 3.68. The van der Waals surface area contributed by atoms with Crippen molar-refractivity contribution in [2.24, 2.45) is 11.5 Å². The number of hydrogen-bond acceptors (Lipinski definition) is 18. The average molecular weight is 877 g/mol. The maximum absolute atomic E-state index is 12.6. The number of amides is 4. The van der Waals surface area contributed by atoms with Crippen molar-refractivity contribution in [1.82, 2.24) is 30.9 Å². The van der Waals surface area contributed by atoms with Crippen molar-refractivity contribution in [2.45, 2.75) is 184 Å². The molecule has 4 amide bonds. The van der Waals surface area contributed by atoms with E-state index in [0.29, 0.717) is 18.7 Å². The van der Waals surface area contributed by atoms with Crippen molar-refractivity contribution in [2.75, 3.05) is 19.8 Å². The molecular formula is C38H68N8O15. The van der Waals surface area contributed by atoms with Crippen LogP contribution in [0.4, 0.5) is 0 Å². The van der Waals surface area contributed by atoms with Crippen molar-refractivity contribution >= 4 is 23.6 Å². The van der Waals surface area contributed by atoms with Crippen LogP contribution in [0.2, 0.25) is 0 Å². The molecule has 3 heterocycles. The maximum atomic E-state index is 12.6. The molecule has 0 saturated carbocycles. The Morgan fingerprint density at radius 2 is 1.21 bits per heavy atom. The van der Waals surface area contributed by atoms with Crippen LogP contribution in [0.1, 0.15) is 90.7 Å². The Morgan fingerprint density at radius 3 is 1.79 bits per heavy atom. The lowest BCUT2D eigenvalue weighted by Crippen LogP contribution is -2.64. The number of primary amides is 1. The van der Waals surface area contributed by atoms with Gasteiger partial charge in [0.2, 0.25) is 23.6 Å². The SMILES string of the molecule is C[C@H](NC(=O)[C@H](C)NC(=O)[C@H](C)NC(=O)[C@@H](N)Cc1cn(CCCCCCCCCCCCOC2O[C@H](CO)[C@@H](O[C@@H]3O[C@H](CO)[C@H](O)[C@H](O)[C@H]3O)[C@H](O)[C@H]2O)nn1)C(N)=O. The van der Waals surface area contributed by atoms with Crippen LogP contribution in [0, 0.1) is 0 Å². The molecule has 1 aromatic rings. The zero-order chi connectivity index (χ0) is 45.2. The van der Waals surface area contributed by atoms with E-state index in [4.69, 9.17) is 30.4 Å². The predicted octanol–water partition coefficient (Wildman–Crippen LogP) is -4.31. The lowest BCUT2D eigenvalue weighted by Gasteiger charge is -2.45. The summed E-state index contributed by atoms with van der Waals surface area (Å²) in [6, 6.07) is -3.85. The van der Waals surface area contributed by atoms with Crippen molar-refractivity contribution in [3.05, 3.63) is 11.9 Å². The van der Waals surface area contributed by atoms with Crippen LogP contribution in [0.15, 0.2) is 6.20 Å². The van der Waals surface area contributed by atoms with Gasteiger partial charge in [0.05, 0.1) is 24.9 Å². The standard InChI is InChI=1S/C38H68N8O15/c1-20(33(40)54)41-34(55)21(2)42-35(56)22(3)43-36(57)24(39)16-23-17-46(45-44-23)14-12-10-8-6-4-5-7-9-11-13-15-58-37-31(53)29(51)32(26(19-48)60-37)61-38-30(52)28(50)27(49)25(18-47)59-38/h17,20-22,24-32,37-38,47-53H,4-16,18-19,39H2,1-3H3,(H2,40,54)(H,41,55)(H,42,56)(H,43,57)/t20-,21-,22-,24-,25+,26+,27-,28-,29+,30+,31+,32+,37?,38-/m0/s1. The number of nitrogens with zero attached hydrogens (tertiary/aromatic N) is 3. The summed E-state index contributed by atoms with van der Waals surface area (Å²) in [7, 11) is 0. The molecule has 14 atom stereocenters. The molecule has 0 bridgehead atoms. The van der Waals surface area contributed by atoms with Gasteiger partial charge in [-0.25, -0.2) is 0 Å². The zero-order valence-corrected chi connectivity index (χ0v) is 35.2. The van der Waals surface area contributed by atoms with E-state index >= 15 is 0 Å². The molecule has 61 heavy (non-hydrogen) atoms. The number of aryl methyl sites for hydroxylation is 1. The van der Waals surface area contributed by atoms with E-state index in [-0.39, 0.29) is 13.0 Å². The van der Waals surface area contributed by atoms with Crippen molar-refractivity contribution in [3.63, 3.8) is 0 Å². The first-order valence-electron chi connectivity index (χ1n) is 21.0. The van der Waals surface area contributed by atoms with E-state index in [1.807, 2.05) is 0 Å². The topological polar surface area (TPSA) is 366 Å². The number of nitrogens with one attached hydrogen (secondary N) is 3. The van der Waals surface area contributed by atoms with Crippen molar-refractivity contribution < 1.29 is 73.9 Å². The van der Waals surface area contributed by atoms with Gasteiger partial charge in [0, 0.05) is 25.8 Å². The number of hydrogen-bond donors (Lipinski definition) is 12. The van der Waals surface area contributed by atoms with Crippen LogP contribution in [0.5, 0.6) is 0 Å². The number of aliphatic hydroxyl groups is 7. The molecule has 23 nitrogen and oxygen atoms in total. The summed E-state index contributed by atoms with van der Waals surface area (Å²) in [5.41, 5.74) is 11.7. The Labute approximate surface area is 354 Å². The van der Waals surface area contributed by atoms with E-state index in [0.717, 1.165) is 57.8 Å². The van der Waals surface area contributed by atoms with E-state index < -0.39 is 122 Å². The Hall–Kier alpha value is -3.46. The molecule has 1 unspecified atom stereocenters. The highest BCUT2D eigenvalue weighted by molar-refractivity contribution is 5.94. The summed E-state index contributed by atoms with van der Waals surface area (Å²) in [6.07, 6.45) is -3.14. The fourth-order valence-corrected chi connectivity index (χ4v) is 6.74. The summed E-state index contributed by atoms with van der Waals surface area (Å²) in [5, 5.41) is 86.5. The zero-order valence-electron chi connectivity index (χ0n) is 35.2. The van der Waals surface area contributed by atoms with Crippen LogP contribution in [0.3, 0.4) is 0 Å². The van der Waals surface area contributed by atoms with Crippen LogP contribution in [-0.4, -0.2) is 180 Å². The van der Waals surface area contributed by atoms with Crippen LogP contribution < -0.4 is 27.4 Å². The van der Waals surface area contributed by atoms with Crippen LogP contribution in [0.25, 0.3) is 0 Å². The molecular weight excluding hydrogens is 808 g/mol. The van der Waals surface area contributed by atoms with Crippen LogP contribution in [-0.2, 0) is 51.1 Å². The van der Waals surface area contributed by atoms with Crippen LogP contribution >= 0.6 is 0 Å². The minimum atomic E-state index is -1.74. The molecule has 0 radical (unpaired) electrons. The number of rotatable bonds is 27. The Balaban J connectivity index is 1.21. The molecule has 23 heteroatoms. The lowest BCUT2D eigenvalue weighted by molar-refractivity contribution is -0.359. The van der Waals surface area contributed by atoms with E-state index in [1.54, 1.807) is 10.9 Å². The van der Waals surface area contributed by atoms with Gasteiger partial charge in [-0.15, -0.1) is 5.10 Å². The fourth-order valence-electron chi connectivity index (χ4n) is 6.74. The van der Waals surface area contributed by atoms with Gasteiger partial charge in [0.1, 0.15) is 67.0 Å². The van der Waals surface area contributed by atoms with Crippen molar-refractivity contribution in [3.8, 4) is 0 Å². The number of nitrogens with two attached hydrogens (primary N) is 2. The molecule has 0 aromatic carbocycles. The molecule has 0 spiro atoms. The van der Waals surface area contributed by atoms with Gasteiger partial charge in [0.25, 0.3) is 0 Å². The number of aliphatic hydroxyl groups excluding tert-OH is 7. The second-order valence-electron chi connectivity index (χ2n) is 15.8. The first-order valence-corrected chi connectivity index (χ1v) is 21.0. The van der Waals surface area contributed by atoms with E-state index in [1.165, 1.54) is 20.8 Å². The number of ether oxygens (including phenoxy) is 4. The summed E-state index contributed by atoms with van der Waals surface area (Å²) in [6.45, 7) is 3.90. The Kier molecular flexibility index (Phi) is 22.3. The van der Waals surface area contributed by atoms with E-state index in [9.17, 15) is 54.9 Å². The minimum Gasteiger partial charge on any atom is -0.394 e. The lowest BCUT2D eigenvalue weighted by atomic mass is 9.97. The summed E-state index contributed by atoms with van der Waals surface area (Å²) in [5.74, 6) is -2.50. The van der Waals surface area contributed by atoms with Gasteiger partial charge in [-0.1, -0.05) is 56.6 Å². The Morgan fingerprint density at radius 1 is 0.705 bits per heavy atom. The predicted molar refractivity (Wildman–Crippen MR) is 212 cm³/mol. The smallest absolute Gasteiger partial charge is 0.242 e. The van der Waals surface area contributed by atoms with E-state index in [2.05, 4.69) is 26.3 Å². The third kappa shape index (κ3) is 16.3. The number of aromatic nitrogens is 3. The quantitative estimate of drug-likeness (QED) is 0.0372. The molecule has 0 aliphatic carbocycles. The molecule has 350 valence electrons. The maximum Gasteiger partial charge on any atom is 0.242 e. The van der Waals surface area contributed by atoms with Gasteiger partial charge in [-0.2, -0.15) is 0 Å². The summed E-state index contributed by atoms with van der Waals surface area (Å²) < 4.78 is 23.9. The second-order valence-corrected chi connectivity index (χ2v) is 15.8.